The van der Waals surface area contributed by atoms with Crippen molar-refractivity contribution in [2.45, 2.75) is 18.9 Å². The maximum absolute atomic E-state index is 6.04. The van der Waals surface area contributed by atoms with Crippen LogP contribution in [0, 0.1) is 0 Å². The normalized spacial score (nSPS) is 20.8. The Morgan fingerprint density at radius 2 is 1.60 bits per heavy atom. The molecule has 1 unspecified atom stereocenters. The van der Waals surface area contributed by atoms with Crippen molar-refractivity contribution < 1.29 is 4.74 Å². The third kappa shape index (κ3) is 1.86. The quantitative estimate of drug-likeness (QED) is 0.852. The third-order valence-electron chi connectivity index (χ3n) is 4.11. The van der Waals surface area contributed by atoms with Crippen LogP contribution in [0.25, 0.3) is 0 Å². The summed E-state index contributed by atoms with van der Waals surface area (Å²) in [4.78, 5) is 2.44. The second-order valence-electron chi connectivity index (χ2n) is 5.41. The van der Waals surface area contributed by atoms with Crippen molar-refractivity contribution in [2.24, 2.45) is 0 Å². The second kappa shape index (κ2) is 4.84. The van der Waals surface area contributed by atoms with Gasteiger partial charge in [-0.3, -0.25) is 0 Å². The van der Waals surface area contributed by atoms with E-state index in [1.54, 1.807) is 0 Å². The molecule has 102 valence electrons. The van der Waals surface area contributed by atoms with E-state index in [0.29, 0.717) is 6.04 Å². The minimum Gasteiger partial charge on any atom is -0.453 e. The van der Waals surface area contributed by atoms with Gasteiger partial charge in [0.05, 0.1) is 11.4 Å². The number of piperidine rings is 1. The fourth-order valence-corrected chi connectivity index (χ4v) is 3.18. The summed E-state index contributed by atoms with van der Waals surface area (Å²) in [6.07, 6.45) is 2.45. The number of anilines is 2. The zero-order chi connectivity index (χ0) is 13.4. The van der Waals surface area contributed by atoms with Crippen molar-refractivity contribution in [1.82, 2.24) is 5.32 Å². The Bertz CT molecular complexity index is 574. The predicted octanol–water partition coefficient (Wildman–Crippen LogP) is 3.68. The summed E-state index contributed by atoms with van der Waals surface area (Å²) in [5.41, 5.74) is 2.36. The van der Waals surface area contributed by atoms with Gasteiger partial charge in [-0.2, -0.15) is 0 Å². The van der Waals surface area contributed by atoms with E-state index < -0.39 is 0 Å². The minimum absolute atomic E-state index is 0.495. The van der Waals surface area contributed by atoms with E-state index in [4.69, 9.17) is 4.74 Å². The Hall–Kier alpha value is -2.00. The van der Waals surface area contributed by atoms with Crippen LogP contribution < -0.4 is 15.0 Å². The molecule has 2 heterocycles. The van der Waals surface area contributed by atoms with E-state index in [1.807, 2.05) is 12.1 Å². The zero-order valence-electron chi connectivity index (χ0n) is 11.4. The molecule has 2 aromatic rings. The molecule has 4 rings (SSSR count). The molecule has 0 aliphatic carbocycles. The summed E-state index contributed by atoms with van der Waals surface area (Å²) < 4.78 is 6.04. The molecule has 2 aromatic carbocycles. The van der Waals surface area contributed by atoms with Crippen molar-refractivity contribution in [3.8, 4) is 11.5 Å². The van der Waals surface area contributed by atoms with Crippen molar-refractivity contribution in [1.29, 1.82) is 0 Å². The summed E-state index contributed by atoms with van der Waals surface area (Å²) in [5, 5.41) is 3.51. The highest BCUT2D eigenvalue weighted by molar-refractivity contribution is 5.78. The molecule has 1 N–H and O–H groups in total. The van der Waals surface area contributed by atoms with Gasteiger partial charge in [-0.15, -0.1) is 0 Å². The zero-order valence-corrected chi connectivity index (χ0v) is 11.4. The second-order valence-corrected chi connectivity index (χ2v) is 5.41. The Balaban J connectivity index is 1.83. The molecule has 0 saturated carbocycles. The Morgan fingerprint density at radius 3 is 2.20 bits per heavy atom. The molecule has 1 atom stereocenters. The van der Waals surface area contributed by atoms with Crippen LogP contribution in [0.2, 0.25) is 0 Å². The molecule has 2 aliphatic heterocycles. The van der Waals surface area contributed by atoms with Gasteiger partial charge in [0.15, 0.2) is 11.5 Å². The van der Waals surface area contributed by atoms with E-state index in [9.17, 15) is 0 Å². The molecule has 1 saturated heterocycles. The highest BCUT2D eigenvalue weighted by atomic mass is 16.5. The van der Waals surface area contributed by atoms with Crippen LogP contribution in [0.3, 0.4) is 0 Å². The van der Waals surface area contributed by atoms with Crippen LogP contribution in [0.1, 0.15) is 12.8 Å². The van der Waals surface area contributed by atoms with Crippen LogP contribution in [0.4, 0.5) is 11.4 Å². The van der Waals surface area contributed by atoms with E-state index in [-0.39, 0.29) is 0 Å². The first-order valence-electron chi connectivity index (χ1n) is 7.29. The number of hydrogen-bond acceptors (Lipinski definition) is 3. The average molecular weight is 266 g/mol. The van der Waals surface area contributed by atoms with Crippen molar-refractivity contribution >= 4 is 11.4 Å². The molecule has 20 heavy (non-hydrogen) atoms. The highest BCUT2D eigenvalue weighted by Gasteiger charge is 2.30. The number of benzene rings is 2. The first kappa shape index (κ1) is 11.8. The van der Waals surface area contributed by atoms with Crippen LogP contribution in [-0.2, 0) is 0 Å². The maximum Gasteiger partial charge on any atom is 0.151 e. The lowest BCUT2D eigenvalue weighted by Crippen LogP contribution is -2.44. The van der Waals surface area contributed by atoms with Gasteiger partial charge in [0.25, 0.3) is 0 Å². The molecule has 0 amide bonds. The molecule has 0 spiro atoms. The molecular weight excluding hydrogens is 248 g/mol. The lowest BCUT2D eigenvalue weighted by molar-refractivity contribution is 0.427. The van der Waals surface area contributed by atoms with Gasteiger partial charge in [0.2, 0.25) is 0 Å². The SMILES string of the molecule is c1ccc2c(c1)Oc1ccccc1N2C1CCCNC1. The standard InChI is InChI=1S/C17H18N2O/c1-3-9-16-14(7-1)19(13-6-5-11-18-12-13)15-8-2-4-10-17(15)20-16/h1-4,7-10,13,18H,5-6,11-12H2. The lowest BCUT2D eigenvalue weighted by Gasteiger charge is -2.40. The van der Waals surface area contributed by atoms with Crippen molar-refractivity contribution in [2.75, 3.05) is 18.0 Å². The largest absolute Gasteiger partial charge is 0.453 e. The van der Waals surface area contributed by atoms with Gasteiger partial charge in [-0.25, -0.2) is 0 Å². The topological polar surface area (TPSA) is 24.5 Å². The molecule has 1 fully saturated rings. The lowest BCUT2D eigenvalue weighted by atomic mass is 10.0. The molecule has 3 nitrogen and oxygen atoms in total. The van der Waals surface area contributed by atoms with Gasteiger partial charge >= 0.3 is 0 Å². The van der Waals surface area contributed by atoms with Crippen molar-refractivity contribution in [3.63, 3.8) is 0 Å². The maximum atomic E-state index is 6.04. The Labute approximate surface area is 119 Å². The number of para-hydroxylation sites is 4. The number of ether oxygens (including phenoxy) is 1. The fraction of sp³-hybridized carbons (Fsp3) is 0.294. The Kier molecular flexibility index (Phi) is 2.85. The average Bonchev–Trinajstić information content (AvgIpc) is 2.53. The molecule has 0 bridgehead atoms. The molecule has 0 radical (unpaired) electrons. The van der Waals surface area contributed by atoms with E-state index in [1.165, 1.54) is 24.2 Å². The van der Waals surface area contributed by atoms with Crippen LogP contribution in [0.15, 0.2) is 48.5 Å². The summed E-state index contributed by atoms with van der Waals surface area (Å²) in [7, 11) is 0. The minimum atomic E-state index is 0.495. The molecule has 2 aliphatic rings. The Morgan fingerprint density at radius 1 is 0.950 bits per heavy atom. The first-order valence-corrected chi connectivity index (χ1v) is 7.29. The number of hydrogen-bond donors (Lipinski definition) is 1. The van der Waals surface area contributed by atoms with E-state index >= 15 is 0 Å². The van der Waals surface area contributed by atoms with Gasteiger partial charge < -0.3 is 15.0 Å². The fourth-order valence-electron chi connectivity index (χ4n) is 3.18. The van der Waals surface area contributed by atoms with Gasteiger partial charge in [0.1, 0.15) is 0 Å². The summed E-state index contributed by atoms with van der Waals surface area (Å²) in [6.45, 7) is 2.16. The number of nitrogens with zero attached hydrogens (tertiary/aromatic N) is 1. The van der Waals surface area contributed by atoms with E-state index in [2.05, 4.69) is 46.6 Å². The highest BCUT2D eigenvalue weighted by Crippen LogP contribution is 2.47. The number of nitrogens with one attached hydrogen (secondary N) is 1. The molecular formula is C17H18N2O. The molecule has 0 aromatic heterocycles. The third-order valence-corrected chi connectivity index (χ3v) is 4.11. The van der Waals surface area contributed by atoms with Crippen LogP contribution in [-0.4, -0.2) is 19.1 Å². The predicted molar refractivity (Wildman–Crippen MR) is 81.0 cm³/mol. The van der Waals surface area contributed by atoms with Crippen molar-refractivity contribution in [3.05, 3.63) is 48.5 Å². The molecule has 3 heteroatoms. The summed E-state index contributed by atoms with van der Waals surface area (Å²) in [5.74, 6) is 1.91. The van der Waals surface area contributed by atoms with Crippen LogP contribution in [0.5, 0.6) is 11.5 Å². The first-order chi connectivity index (χ1) is 9.93. The number of rotatable bonds is 1. The summed E-state index contributed by atoms with van der Waals surface area (Å²) >= 11 is 0. The van der Waals surface area contributed by atoms with E-state index in [0.717, 1.165) is 24.6 Å². The van der Waals surface area contributed by atoms with Gasteiger partial charge in [-0.05, 0) is 43.7 Å². The van der Waals surface area contributed by atoms with Gasteiger partial charge in [-0.1, -0.05) is 24.3 Å². The monoisotopic (exact) mass is 266 g/mol. The van der Waals surface area contributed by atoms with Crippen LogP contribution >= 0.6 is 0 Å². The van der Waals surface area contributed by atoms with Gasteiger partial charge in [0, 0.05) is 12.6 Å². The summed E-state index contributed by atoms with van der Waals surface area (Å²) in [6, 6.07) is 17.1. The number of fused-ring (bicyclic) bond motifs is 2. The smallest absolute Gasteiger partial charge is 0.151 e.